The first-order valence-corrected chi connectivity index (χ1v) is 10.3. The summed E-state index contributed by atoms with van der Waals surface area (Å²) in [5.74, 6) is -0.215. The fourth-order valence-electron chi connectivity index (χ4n) is 3.23. The molecule has 29 heavy (non-hydrogen) atoms. The fourth-order valence-corrected chi connectivity index (χ4v) is 4.24. The number of nitrogens with two attached hydrogens (primary N) is 1. The zero-order valence-electron chi connectivity index (χ0n) is 16.7. The van der Waals surface area contributed by atoms with E-state index in [2.05, 4.69) is 44.3 Å². The van der Waals surface area contributed by atoms with Crippen molar-refractivity contribution >= 4 is 38.8 Å². The molecule has 0 aliphatic carbocycles. The van der Waals surface area contributed by atoms with Crippen molar-refractivity contribution in [3.8, 4) is 11.1 Å². The summed E-state index contributed by atoms with van der Waals surface area (Å²) in [6, 6.07) is 21.6. The Bertz CT molecular complexity index is 1180. The van der Waals surface area contributed by atoms with E-state index >= 15 is 0 Å². The summed E-state index contributed by atoms with van der Waals surface area (Å²) >= 11 is 1.34. The summed E-state index contributed by atoms with van der Waals surface area (Å²) in [7, 11) is 0. The van der Waals surface area contributed by atoms with Gasteiger partial charge in [0.1, 0.15) is 9.71 Å². The fraction of sp³-hybridized carbons (Fsp3) is 0.167. The number of thiophene rings is 1. The number of nitrogens with one attached hydrogen (secondary N) is 1. The van der Waals surface area contributed by atoms with Gasteiger partial charge in [0.05, 0.1) is 5.69 Å². The molecule has 0 atom stereocenters. The molecular weight excluding hydrogens is 378 g/mol. The molecule has 2 aromatic carbocycles. The first-order chi connectivity index (χ1) is 13.8. The summed E-state index contributed by atoms with van der Waals surface area (Å²) in [6.07, 6.45) is 0. The number of rotatable bonds is 3. The number of nitrogens with zero attached hydrogens (tertiary/aromatic N) is 1. The predicted octanol–water partition coefficient (Wildman–Crippen LogP) is 6.10. The molecule has 0 radical (unpaired) electrons. The van der Waals surface area contributed by atoms with Gasteiger partial charge < -0.3 is 11.1 Å². The zero-order valence-corrected chi connectivity index (χ0v) is 17.5. The number of hydrogen-bond acceptors (Lipinski definition) is 4. The third-order valence-corrected chi connectivity index (χ3v) is 5.89. The van der Waals surface area contributed by atoms with Crippen LogP contribution in [-0.4, -0.2) is 10.9 Å². The topological polar surface area (TPSA) is 68.0 Å². The van der Waals surface area contributed by atoms with Crippen LogP contribution in [0.5, 0.6) is 0 Å². The Hall–Kier alpha value is -3.18. The Kier molecular flexibility index (Phi) is 4.84. The molecule has 0 spiro atoms. The lowest BCUT2D eigenvalue weighted by atomic mass is 9.89. The van der Waals surface area contributed by atoms with E-state index in [1.165, 1.54) is 11.3 Å². The number of pyridine rings is 1. The van der Waals surface area contributed by atoms with Gasteiger partial charge in [-0.1, -0.05) is 69.3 Å². The highest BCUT2D eigenvalue weighted by atomic mass is 32.1. The molecule has 2 heterocycles. The number of carbonyl (C=O) groups is 1. The van der Waals surface area contributed by atoms with Gasteiger partial charge in [0.15, 0.2) is 0 Å². The van der Waals surface area contributed by atoms with Gasteiger partial charge in [-0.25, -0.2) is 4.98 Å². The number of anilines is 2. The molecule has 3 N–H and O–H groups in total. The molecule has 0 fully saturated rings. The number of para-hydroxylation sites is 1. The van der Waals surface area contributed by atoms with Crippen LogP contribution in [0.1, 0.15) is 36.1 Å². The molecule has 0 aliphatic heterocycles. The van der Waals surface area contributed by atoms with Crippen molar-refractivity contribution in [3.05, 3.63) is 77.3 Å². The van der Waals surface area contributed by atoms with E-state index in [1.807, 2.05) is 48.5 Å². The van der Waals surface area contributed by atoms with Crippen LogP contribution in [0.25, 0.3) is 21.3 Å². The van der Waals surface area contributed by atoms with Crippen LogP contribution in [-0.2, 0) is 5.41 Å². The third kappa shape index (κ3) is 3.74. The molecule has 0 saturated heterocycles. The van der Waals surface area contributed by atoms with Crippen molar-refractivity contribution in [2.24, 2.45) is 0 Å². The molecule has 2 aromatic heterocycles. The highest BCUT2D eigenvalue weighted by Crippen LogP contribution is 2.41. The zero-order chi connectivity index (χ0) is 20.6. The highest BCUT2D eigenvalue weighted by molar-refractivity contribution is 7.21. The van der Waals surface area contributed by atoms with E-state index in [0.717, 1.165) is 32.7 Å². The number of aromatic nitrogens is 1. The second-order valence-electron chi connectivity index (χ2n) is 8.02. The van der Waals surface area contributed by atoms with E-state index in [-0.39, 0.29) is 11.3 Å². The molecule has 146 valence electrons. The Morgan fingerprint density at radius 2 is 1.62 bits per heavy atom. The second-order valence-corrected chi connectivity index (χ2v) is 9.02. The molecule has 5 heteroatoms. The lowest BCUT2D eigenvalue weighted by molar-refractivity contribution is 0.103. The van der Waals surface area contributed by atoms with Gasteiger partial charge in [0.25, 0.3) is 5.91 Å². The van der Waals surface area contributed by atoms with Gasteiger partial charge in [-0.3, -0.25) is 4.79 Å². The van der Waals surface area contributed by atoms with E-state index < -0.39 is 0 Å². The number of amides is 1. The quantitative estimate of drug-likeness (QED) is 0.436. The van der Waals surface area contributed by atoms with Crippen molar-refractivity contribution in [1.29, 1.82) is 0 Å². The van der Waals surface area contributed by atoms with Crippen LogP contribution in [0, 0.1) is 0 Å². The second kappa shape index (κ2) is 7.33. The Balaban J connectivity index is 1.89. The van der Waals surface area contributed by atoms with Gasteiger partial charge >= 0.3 is 0 Å². The molecular formula is C24H23N3OS. The molecule has 1 amide bonds. The van der Waals surface area contributed by atoms with Crippen molar-refractivity contribution < 1.29 is 4.79 Å². The third-order valence-electron chi connectivity index (χ3n) is 4.79. The minimum absolute atomic E-state index is 0.122. The van der Waals surface area contributed by atoms with Gasteiger partial charge in [-0.2, -0.15) is 0 Å². The summed E-state index contributed by atoms with van der Waals surface area (Å²) in [6.45, 7) is 6.40. The molecule has 4 aromatic rings. The Labute approximate surface area is 174 Å². The maximum atomic E-state index is 12.9. The van der Waals surface area contributed by atoms with Crippen LogP contribution in [0.4, 0.5) is 11.4 Å². The predicted molar refractivity (Wildman–Crippen MR) is 123 cm³/mol. The average Bonchev–Trinajstić information content (AvgIpc) is 3.05. The van der Waals surface area contributed by atoms with Crippen LogP contribution in [0.2, 0.25) is 0 Å². The molecule has 0 bridgehead atoms. The van der Waals surface area contributed by atoms with Crippen LogP contribution in [0.3, 0.4) is 0 Å². The van der Waals surface area contributed by atoms with Gasteiger partial charge in [-0.05, 0) is 29.3 Å². The maximum absolute atomic E-state index is 12.9. The van der Waals surface area contributed by atoms with Crippen molar-refractivity contribution in [2.75, 3.05) is 11.1 Å². The highest BCUT2D eigenvalue weighted by Gasteiger charge is 2.24. The molecule has 0 aliphatic rings. The SMILES string of the molecule is CC(C)(C)c1cc(-c2ccccc2)c2c(N)c(C(=O)Nc3ccccc3)sc2n1. The first-order valence-electron chi connectivity index (χ1n) is 9.50. The van der Waals surface area contributed by atoms with Gasteiger partial charge in [0.2, 0.25) is 0 Å². The van der Waals surface area contributed by atoms with E-state index in [0.29, 0.717) is 10.6 Å². The minimum Gasteiger partial charge on any atom is -0.397 e. The summed E-state index contributed by atoms with van der Waals surface area (Å²) < 4.78 is 0. The Morgan fingerprint density at radius 3 is 2.24 bits per heavy atom. The largest absolute Gasteiger partial charge is 0.397 e. The number of hydrogen-bond donors (Lipinski definition) is 2. The van der Waals surface area contributed by atoms with Crippen LogP contribution in [0.15, 0.2) is 66.7 Å². The Morgan fingerprint density at radius 1 is 1.00 bits per heavy atom. The normalized spacial score (nSPS) is 11.6. The standard InChI is InChI=1S/C24H23N3OS/c1-24(2,3)18-14-17(15-10-6-4-7-11-15)19-20(25)21(29-23(19)27-18)22(28)26-16-12-8-5-9-13-16/h4-14H,25H2,1-3H3,(H,26,28). The first kappa shape index (κ1) is 19.2. The van der Waals surface area contributed by atoms with Crippen molar-refractivity contribution in [2.45, 2.75) is 26.2 Å². The van der Waals surface area contributed by atoms with Gasteiger partial charge in [0, 0.05) is 22.2 Å². The summed E-state index contributed by atoms with van der Waals surface area (Å²) in [4.78, 5) is 19.1. The number of carbonyl (C=O) groups excluding carboxylic acids is 1. The van der Waals surface area contributed by atoms with Crippen molar-refractivity contribution in [3.63, 3.8) is 0 Å². The van der Waals surface area contributed by atoms with E-state index in [1.54, 1.807) is 0 Å². The lowest BCUT2D eigenvalue weighted by Gasteiger charge is -2.19. The molecule has 0 saturated carbocycles. The molecule has 4 nitrogen and oxygen atoms in total. The lowest BCUT2D eigenvalue weighted by Crippen LogP contribution is -2.13. The number of fused-ring (bicyclic) bond motifs is 1. The summed E-state index contributed by atoms with van der Waals surface area (Å²) in [5.41, 5.74) is 10.6. The smallest absolute Gasteiger partial charge is 0.267 e. The van der Waals surface area contributed by atoms with Gasteiger partial charge in [-0.15, -0.1) is 11.3 Å². The molecule has 4 rings (SSSR count). The minimum atomic E-state index is -0.215. The van der Waals surface area contributed by atoms with E-state index in [4.69, 9.17) is 10.7 Å². The monoisotopic (exact) mass is 401 g/mol. The van der Waals surface area contributed by atoms with Crippen LogP contribution < -0.4 is 11.1 Å². The van der Waals surface area contributed by atoms with Crippen LogP contribution >= 0.6 is 11.3 Å². The summed E-state index contributed by atoms with van der Waals surface area (Å²) in [5, 5.41) is 3.77. The number of benzene rings is 2. The van der Waals surface area contributed by atoms with E-state index in [9.17, 15) is 4.79 Å². The average molecular weight is 402 g/mol. The number of nitrogen functional groups attached to an aromatic ring is 1. The molecule has 0 unspecified atom stereocenters. The van der Waals surface area contributed by atoms with Crippen molar-refractivity contribution in [1.82, 2.24) is 4.98 Å². The maximum Gasteiger partial charge on any atom is 0.267 e.